The molecule has 1 aromatic heterocycles. The van der Waals surface area contributed by atoms with Crippen LogP contribution in [0.3, 0.4) is 0 Å². The Labute approximate surface area is 189 Å². The Morgan fingerprint density at radius 2 is 1.32 bits per heavy atom. The fourth-order valence-electron chi connectivity index (χ4n) is 3.80. The maximum Gasteiger partial charge on any atom is 0.254 e. The Bertz CT molecular complexity index is 779. The Morgan fingerprint density at radius 3 is 1.74 bits per heavy atom. The molecule has 1 amide bonds. The summed E-state index contributed by atoms with van der Waals surface area (Å²) in [4.78, 5) is 31.1. The summed E-state index contributed by atoms with van der Waals surface area (Å²) in [5.41, 5.74) is -0.595. The zero-order valence-electron chi connectivity index (χ0n) is 22.0. The third-order valence-corrected chi connectivity index (χ3v) is 7.75. The number of carbonyl (C=O) groups is 2. The van der Waals surface area contributed by atoms with Crippen molar-refractivity contribution in [1.29, 1.82) is 0 Å². The van der Waals surface area contributed by atoms with Crippen LogP contribution in [0.15, 0.2) is 6.07 Å². The number of hydrogen-bond acceptors (Lipinski definition) is 5. The third-order valence-electron chi connectivity index (χ3n) is 7.75. The predicted octanol–water partition coefficient (Wildman–Crippen LogP) is 4.00. The summed E-state index contributed by atoms with van der Waals surface area (Å²) in [7, 11) is 8.07. The molecular formula is C24H45N5O2. The summed E-state index contributed by atoms with van der Waals surface area (Å²) < 4.78 is 1.38. The first kappa shape index (κ1) is 27.3. The molecule has 0 aromatic carbocycles. The molecule has 0 bridgehead atoms. The molecule has 1 rings (SSSR count). The first-order valence-electron chi connectivity index (χ1n) is 11.2. The molecule has 0 aliphatic rings. The van der Waals surface area contributed by atoms with E-state index in [0.717, 1.165) is 0 Å². The van der Waals surface area contributed by atoms with Gasteiger partial charge in [-0.05, 0) is 60.8 Å². The van der Waals surface area contributed by atoms with Gasteiger partial charge in [-0.1, -0.05) is 41.5 Å². The van der Waals surface area contributed by atoms with Crippen LogP contribution in [0, 0.1) is 29.6 Å². The van der Waals surface area contributed by atoms with E-state index in [1.165, 1.54) is 4.68 Å². The lowest BCUT2D eigenvalue weighted by molar-refractivity contribution is -0.127. The normalized spacial score (nSPS) is 16.9. The maximum absolute atomic E-state index is 13.6. The van der Waals surface area contributed by atoms with E-state index < -0.39 is 10.8 Å². The van der Waals surface area contributed by atoms with Gasteiger partial charge in [0, 0.05) is 23.6 Å². The van der Waals surface area contributed by atoms with Crippen molar-refractivity contribution in [3.63, 3.8) is 0 Å². The zero-order valence-corrected chi connectivity index (χ0v) is 22.0. The Hall–Kier alpha value is -1.73. The molecule has 0 spiro atoms. The van der Waals surface area contributed by atoms with Crippen molar-refractivity contribution >= 4 is 17.6 Å². The van der Waals surface area contributed by atoms with Gasteiger partial charge in [-0.3, -0.25) is 9.59 Å². The fourth-order valence-corrected chi connectivity index (χ4v) is 3.80. The number of amides is 1. The number of anilines is 1. The van der Waals surface area contributed by atoms with Crippen molar-refractivity contribution < 1.29 is 9.59 Å². The number of carbonyl (C=O) groups excluding carboxylic acids is 2. The van der Waals surface area contributed by atoms with E-state index in [1.807, 2.05) is 62.8 Å². The zero-order chi connectivity index (χ0) is 24.5. The maximum atomic E-state index is 13.6. The summed E-state index contributed by atoms with van der Waals surface area (Å²) in [5.74, 6) is 0.386. The average molecular weight is 436 g/mol. The smallest absolute Gasteiger partial charge is 0.254 e. The predicted molar refractivity (Wildman–Crippen MR) is 128 cm³/mol. The van der Waals surface area contributed by atoms with Crippen molar-refractivity contribution in [2.45, 2.75) is 74.4 Å². The molecule has 0 fully saturated rings. The van der Waals surface area contributed by atoms with Gasteiger partial charge in [0.15, 0.2) is 0 Å². The molecule has 1 aromatic rings. The third kappa shape index (κ3) is 5.75. The van der Waals surface area contributed by atoms with Crippen LogP contribution in [0.2, 0.25) is 0 Å². The van der Waals surface area contributed by atoms with Crippen LogP contribution in [0.4, 0.5) is 5.82 Å². The Balaban J connectivity index is 3.22. The van der Waals surface area contributed by atoms with Gasteiger partial charge in [0.25, 0.3) is 5.91 Å². The van der Waals surface area contributed by atoms with Gasteiger partial charge >= 0.3 is 0 Å². The summed E-state index contributed by atoms with van der Waals surface area (Å²) in [6.45, 7) is 18.1. The second-order valence-corrected chi connectivity index (χ2v) is 10.8. The molecule has 178 valence electrons. The van der Waals surface area contributed by atoms with Crippen LogP contribution in [0.5, 0.6) is 0 Å². The highest BCUT2D eigenvalue weighted by atomic mass is 16.2. The van der Waals surface area contributed by atoms with Crippen molar-refractivity contribution in [3.05, 3.63) is 11.8 Å². The minimum absolute atomic E-state index is 0.0838. The lowest BCUT2D eigenvalue weighted by Gasteiger charge is -2.38. The number of aryl methyl sites for hydroxylation is 1. The van der Waals surface area contributed by atoms with E-state index in [1.54, 1.807) is 6.07 Å². The molecule has 7 heteroatoms. The molecule has 0 saturated carbocycles. The van der Waals surface area contributed by atoms with E-state index >= 15 is 0 Å². The summed E-state index contributed by atoms with van der Waals surface area (Å²) in [5, 5.41) is 7.44. The minimum atomic E-state index is -0.663. The molecule has 0 radical (unpaired) electrons. The summed E-state index contributed by atoms with van der Waals surface area (Å²) >= 11 is 0. The fraction of sp³-hybridized carbons (Fsp3) is 0.792. The van der Waals surface area contributed by atoms with E-state index in [-0.39, 0.29) is 35.7 Å². The van der Waals surface area contributed by atoms with Gasteiger partial charge in [0.05, 0.1) is 11.1 Å². The Morgan fingerprint density at radius 1 is 0.903 bits per heavy atom. The summed E-state index contributed by atoms with van der Waals surface area (Å²) in [6, 6.07) is 2.20. The summed E-state index contributed by atoms with van der Waals surface area (Å²) in [6.07, 6.45) is 0. The van der Waals surface area contributed by atoms with E-state index in [9.17, 15) is 9.59 Å². The van der Waals surface area contributed by atoms with Gasteiger partial charge < -0.3 is 15.1 Å². The lowest BCUT2D eigenvalue weighted by Crippen LogP contribution is -2.46. The SMILES string of the molecule is Cc1cc(NC(=O)C(C)(C)C(C)C(C)N(C)C)n(C(=O)C(C)(C)C(C)C(C)N(C)C)n1. The van der Waals surface area contributed by atoms with Crippen LogP contribution >= 0.6 is 0 Å². The van der Waals surface area contributed by atoms with E-state index in [0.29, 0.717) is 11.5 Å². The minimum Gasteiger partial charge on any atom is -0.310 e. The second kappa shape index (κ2) is 9.82. The van der Waals surface area contributed by atoms with E-state index in [2.05, 4.69) is 47.9 Å². The van der Waals surface area contributed by atoms with Gasteiger partial charge in [0.2, 0.25) is 5.91 Å². The van der Waals surface area contributed by atoms with Crippen molar-refractivity contribution in [1.82, 2.24) is 19.6 Å². The number of nitrogens with one attached hydrogen (secondary N) is 1. The molecule has 0 saturated heterocycles. The number of nitrogens with zero attached hydrogens (tertiary/aromatic N) is 4. The monoisotopic (exact) mass is 435 g/mol. The van der Waals surface area contributed by atoms with Crippen molar-refractivity contribution in [2.24, 2.45) is 22.7 Å². The number of aromatic nitrogens is 2. The molecule has 4 unspecified atom stereocenters. The molecular weight excluding hydrogens is 390 g/mol. The van der Waals surface area contributed by atoms with Gasteiger partial charge in [0.1, 0.15) is 5.82 Å². The molecule has 4 atom stereocenters. The highest BCUT2D eigenvalue weighted by Crippen LogP contribution is 2.35. The average Bonchev–Trinajstić information content (AvgIpc) is 3.04. The molecule has 1 heterocycles. The second-order valence-electron chi connectivity index (χ2n) is 10.8. The largest absolute Gasteiger partial charge is 0.310 e. The van der Waals surface area contributed by atoms with Gasteiger partial charge in [-0.25, -0.2) is 0 Å². The lowest BCUT2D eigenvalue weighted by atomic mass is 9.75. The molecule has 31 heavy (non-hydrogen) atoms. The quantitative estimate of drug-likeness (QED) is 0.635. The van der Waals surface area contributed by atoms with E-state index in [4.69, 9.17) is 0 Å². The first-order chi connectivity index (χ1) is 14.0. The van der Waals surface area contributed by atoms with Crippen LogP contribution in [-0.2, 0) is 4.79 Å². The molecule has 1 N–H and O–H groups in total. The van der Waals surface area contributed by atoms with Crippen LogP contribution in [-0.4, -0.2) is 71.7 Å². The Kier molecular flexibility index (Phi) is 8.65. The number of rotatable bonds is 9. The topological polar surface area (TPSA) is 70.5 Å². The molecule has 0 aliphatic heterocycles. The van der Waals surface area contributed by atoms with Gasteiger partial charge in [-0.15, -0.1) is 0 Å². The first-order valence-corrected chi connectivity index (χ1v) is 11.2. The van der Waals surface area contributed by atoms with Crippen LogP contribution in [0.25, 0.3) is 0 Å². The highest BCUT2D eigenvalue weighted by Gasteiger charge is 2.41. The standard InChI is InChI=1S/C24H45N5O2/c1-15-14-20(25-21(30)23(6,7)16(2)18(4)27(10)11)29(26-15)22(31)24(8,9)17(3)19(5)28(12)13/h14,16-19H,1-13H3,(H,25,30). The van der Waals surface area contributed by atoms with Crippen LogP contribution in [0.1, 0.15) is 65.9 Å². The van der Waals surface area contributed by atoms with Crippen molar-refractivity contribution in [2.75, 3.05) is 33.5 Å². The van der Waals surface area contributed by atoms with Gasteiger partial charge in [-0.2, -0.15) is 9.78 Å². The van der Waals surface area contributed by atoms with Crippen LogP contribution < -0.4 is 5.32 Å². The molecule has 7 nitrogen and oxygen atoms in total. The van der Waals surface area contributed by atoms with Crippen molar-refractivity contribution in [3.8, 4) is 0 Å². The highest BCUT2D eigenvalue weighted by molar-refractivity contribution is 5.97. The molecule has 0 aliphatic carbocycles. The number of hydrogen-bond donors (Lipinski definition) is 1.